The average molecular weight is 295 g/mol. The summed E-state index contributed by atoms with van der Waals surface area (Å²) in [7, 11) is 0. The molecule has 0 saturated carbocycles. The van der Waals surface area contributed by atoms with Crippen LogP contribution in [0.3, 0.4) is 0 Å². The van der Waals surface area contributed by atoms with E-state index >= 15 is 0 Å². The van der Waals surface area contributed by atoms with E-state index in [0.717, 1.165) is 15.9 Å². The lowest BCUT2D eigenvalue weighted by molar-refractivity contribution is 0.318. The summed E-state index contributed by atoms with van der Waals surface area (Å²) in [5.74, 6) is 0.0777. The summed E-state index contributed by atoms with van der Waals surface area (Å²) in [5.41, 5.74) is 8.00. The second-order valence-corrected chi connectivity index (χ2v) is 4.41. The Morgan fingerprint density at radius 2 is 2.24 bits per heavy atom. The van der Waals surface area contributed by atoms with Gasteiger partial charge in [-0.2, -0.15) is 5.10 Å². The molecule has 5 nitrogen and oxygen atoms in total. The first-order valence-corrected chi connectivity index (χ1v) is 5.71. The number of rotatable bonds is 2. The fourth-order valence-corrected chi connectivity index (χ4v) is 2.02. The van der Waals surface area contributed by atoms with Gasteiger partial charge >= 0.3 is 0 Å². The van der Waals surface area contributed by atoms with Crippen LogP contribution >= 0.6 is 15.9 Å². The first-order valence-electron chi connectivity index (χ1n) is 4.92. The van der Waals surface area contributed by atoms with Gasteiger partial charge in [0.1, 0.15) is 0 Å². The Morgan fingerprint density at radius 1 is 1.47 bits per heavy atom. The third kappa shape index (κ3) is 2.31. The summed E-state index contributed by atoms with van der Waals surface area (Å²) in [6.07, 6.45) is 1.87. The maximum Gasteiger partial charge on any atom is 0.170 e. The molecule has 0 unspecified atom stereocenters. The molecule has 1 heterocycles. The van der Waals surface area contributed by atoms with E-state index in [2.05, 4.69) is 26.2 Å². The first-order chi connectivity index (χ1) is 8.11. The van der Waals surface area contributed by atoms with Crippen molar-refractivity contribution in [2.24, 2.45) is 10.9 Å². The number of amidine groups is 1. The summed E-state index contributed by atoms with van der Waals surface area (Å²) in [4.78, 5) is 0. The Balaban J connectivity index is 2.45. The van der Waals surface area contributed by atoms with Crippen molar-refractivity contribution in [3.8, 4) is 5.69 Å². The molecule has 0 saturated heterocycles. The number of halogens is 1. The van der Waals surface area contributed by atoms with Gasteiger partial charge in [-0.3, -0.25) is 0 Å². The number of oxime groups is 1. The average Bonchev–Trinajstić information content (AvgIpc) is 2.74. The number of benzene rings is 1. The van der Waals surface area contributed by atoms with Gasteiger partial charge in [-0.15, -0.1) is 0 Å². The maximum absolute atomic E-state index is 8.60. The van der Waals surface area contributed by atoms with Crippen LogP contribution in [-0.4, -0.2) is 20.8 Å². The molecule has 0 atom stereocenters. The van der Waals surface area contributed by atoms with Crippen molar-refractivity contribution in [2.75, 3.05) is 0 Å². The Morgan fingerprint density at radius 3 is 2.76 bits per heavy atom. The molecule has 88 valence electrons. The molecule has 0 bridgehead atoms. The van der Waals surface area contributed by atoms with E-state index in [1.807, 2.05) is 25.3 Å². The Kier molecular flexibility index (Phi) is 3.14. The Hall–Kier alpha value is -1.82. The molecule has 0 amide bonds. The Labute approximate surface area is 107 Å². The summed E-state index contributed by atoms with van der Waals surface area (Å²) in [5, 5.41) is 15.9. The smallest absolute Gasteiger partial charge is 0.170 e. The minimum absolute atomic E-state index is 0.0777. The zero-order valence-electron chi connectivity index (χ0n) is 9.13. The van der Waals surface area contributed by atoms with Gasteiger partial charge in [0.05, 0.1) is 11.4 Å². The van der Waals surface area contributed by atoms with Crippen molar-refractivity contribution in [1.29, 1.82) is 0 Å². The summed E-state index contributed by atoms with van der Waals surface area (Å²) >= 11 is 3.44. The highest BCUT2D eigenvalue weighted by molar-refractivity contribution is 9.10. The Bertz CT molecular complexity index is 577. The second-order valence-electron chi connectivity index (χ2n) is 3.55. The van der Waals surface area contributed by atoms with Crippen LogP contribution in [0.25, 0.3) is 5.69 Å². The van der Waals surface area contributed by atoms with E-state index in [1.54, 1.807) is 16.8 Å². The second kappa shape index (κ2) is 4.58. The van der Waals surface area contributed by atoms with Gasteiger partial charge in [-0.1, -0.05) is 5.16 Å². The lowest BCUT2D eigenvalue weighted by atomic mass is 10.2. The number of nitrogens with two attached hydrogens (primary N) is 1. The third-order valence-electron chi connectivity index (χ3n) is 2.32. The zero-order chi connectivity index (χ0) is 12.4. The zero-order valence-corrected chi connectivity index (χ0v) is 10.7. The van der Waals surface area contributed by atoms with Crippen molar-refractivity contribution in [2.45, 2.75) is 6.92 Å². The topological polar surface area (TPSA) is 76.4 Å². The number of hydrogen-bond donors (Lipinski definition) is 2. The van der Waals surface area contributed by atoms with E-state index in [9.17, 15) is 0 Å². The quantitative estimate of drug-likeness (QED) is 0.385. The van der Waals surface area contributed by atoms with Gasteiger partial charge in [-0.05, 0) is 47.1 Å². The fourth-order valence-electron chi connectivity index (χ4n) is 1.46. The molecule has 6 heteroatoms. The van der Waals surface area contributed by atoms with E-state index in [0.29, 0.717) is 5.56 Å². The fraction of sp³-hybridized carbons (Fsp3) is 0.0909. The molecule has 1 aromatic carbocycles. The molecule has 17 heavy (non-hydrogen) atoms. The molecule has 3 N–H and O–H groups in total. The molecule has 0 aliphatic carbocycles. The van der Waals surface area contributed by atoms with Crippen LogP contribution in [0.1, 0.15) is 11.3 Å². The van der Waals surface area contributed by atoms with Crippen molar-refractivity contribution >= 4 is 21.8 Å². The minimum atomic E-state index is 0.0777. The largest absolute Gasteiger partial charge is 0.409 e. The highest BCUT2D eigenvalue weighted by atomic mass is 79.9. The van der Waals surface area contributed by atoms with E-state index < -0.39 is 0 Å². The highest BCUT2D eigenvalue weighted by Gasteiger charge is 2.07. The van der Waals surface area contributed by atoms with Crippen LogP contribution < -0.4 is 5.73 Å². The minimum Gasteiger partial charge on any atom is -0.409 e. The summed E-state index contributed by atoms with van der Waals surface area (Å²) in [6.45, 7) is 1.93. The molecule has 1 aromatic heterocycles. The van der Waals surface area contributed by atoms with Crippen molar-refractivity contribution in [3.63, 3.8) is 0 Å². The van der Waals surface area contributed by atoms with Crippen LogP contribution in [0.4, 0.5) is 0 Å². The van der Waals surface area contributed by atoms with Crippen LogP contribution in [0.2, 0.25) is 0 Å². The molecular weight excluding hydrogens is 284 g/mol. The van der Waals surface area contributed by atoms with E-state index in [-0.39, 0.29) is 5.84 Å². The maximum atomic E-state index is 8.60. The van der Waals surface area contributed by atoms with Gasteiger partial charge in [0.2, 0.25) is 0 Å². The monoisotopic (exact) mass is 294 g/mol. The molecule has 2 aromatic rings. The van der Waals surface area contributed by atoms with Crippen LogP contribution in [0, 0.1) is 6.92 Å². The molecule has 0 aliphatic heterocycles. The molecule has 0 radical (unpaired) electrons. The van der Waals surface area contributed by atoms with Crippen LogP contribution in [-0.2, 0) is 0 Å². The lowest BCUT2D eigenvalue weighted by Crippen LogP contribution is -2.13. The predicted octanol–water partition coefficient (Wildman–Crippen LogP) is 2.04. The van der Waals surface area contributed by atoms with Gasteiger partial charge < -0.3 is 10.9 Å². The summed E-state index contributed by atoms with van der Waals surface area (Å²) in [6, 6.07) is 7.32. The van der Waals surface area contributed by atoms with Gasteiger partial charge in [0.25, 0.3) is 0 Å². The van der Waals surface area contributed by atoms with Crippen molar-refractivity contribution in [3.05, 3.63) is 46.2 Å². The molecule has 0 spiro atoms. The highest BCUT2D eigenvalue weighted by Crippen LogP contribution is 2.22. The van der Waals surface area contributed by atoms with E-state index in [1.165, 1.54) is 0 Å². The normalized spacial score (nSPS) is 11.8. The van der Waals surface area contributed by atoms with Crippen molar-refractivity contribution in [1.82, 2.24) is 9.78 Å². The number of hydrogen-bond acceptors (Lipinski definition) is 3. The number of aryl methyl sites for hydroxylation is 1. The molecule has 0 fully saturated rings. The predicted molar refractivity (Wildman–Crippen MR) is 68.5 cm³/mol. The molecular formula is C11H11BrN4O. The SMILES string of the molecule is Cc1ccn(-c2ccc(/C(N)=N/O)cc2Br)n1. The standard InChI is InChI=1S/C11H11BrN4O/c1-7-4-5-16(14-7)10-3-2-8(6-9(10)12)11(13)15-17/h2-6,17H,1H3,(H2,13,15). The van der Waals surface area contributed by atoms with Crippen LogP contribution in [0.15, 0.2) is 40.1 Å². The number of nitrogens with zero attached hydrogens (tertiary/aromatic N) is 3. The third-order valence-corrected chi connectivity index (χ3v) is 2.96. The molecule has 0 aliphatic rings. The van der Waals surface area contributed by atoms with Crippen molar-refractivity contribution < 1.29 is 5.21 Å². The van der Waals surface area contributed by atoms with Crippen LogP contribution in [0.5, 0.6) is 0 Å². The first kappa shape index (κ1) is 11.7. The lowest BCUT2D eigenvalue weighted by Gasteiger charge is -2.06. The van der Waals surface area contributed by atoms with Gasteiger partial charge in [0, 0.05) is 16.2 Å². The molecule has 2 rings (SSSR count). The van der Waals surface area contributed by atoms with Gasteiger partial charge in [0.15, 0.2) is 5.84 Å². The van der Waals surface area contributed by atoms with E-state index in [4.69, 9.17) is 10.9 Å². The summed E-state index contributed by atoms with van der Waals surface area (Å²) < 4.78 is 2.58. The van der Waals surface area contributed by atoms with Gasteiger partial charge in [-0.25, -0.2) is 4.68 Å². The number of aromatic nitrogens is 2.